The summed E-state index contributed by atoms with van der Waals surface area (Å²) in [6, 6.07) is 21.0. The number of hydrogen-bond donors (Lipinski definition) is 3. The lowest BCUT2D eigenvalue weighted by Crippen LogP contribution is -2.41. The molecule has 0 aliphatic carbocycles. The lowest BCUT2D eigenvalue weighted by atomic mass is 10.1. The molecule has 4 heterocycles. The Bertz CT molecular complexity index is 1960. The average Bonchev–Trinajstić information content (AvgIpc) is 3.90. The van der Waals surface area contributed by atoms with Crippen LogP contribution in [0, 0.1) is 0 Å². The molecule has 2 amide bonds. The fraction of sp³-hybridized carbons (Fsp3) is 0.342. The van der Waals surface area contributed by atoms with E-state index in [0.29, 0.717) is 61.3 Å². The highest BCUT2D eigenvalue weighted by Gasteiger charge is 2.19. The molecule has 1 aliphatic heterocycles. The van der Waals surface area contributed by atoms with Gasteiger partial charge >= 0.3 is 0 Å². The van der Waals surface area contributed by atoms with E-state index < -0.39 is 0 Å². The molecule has 1 aliphatic rings. The van der Waals surface area contributed by atoms with E-state index in [1.54, 1.807) is 43.3 Å². The number of nitrogens with zero attached hydrogens (tertiary/aromatic N) is 7. The van der Waals surface area contributed by atoms with Crippen LogP contribution in [0.2, 0.25) is 0 Å². The molecule has 2 aromatic carbocycles. The van der Waals surface area contributed by atoms with Crippen LogP contribution in [0.25, 0.3) is 0 Å². The number of nitrogens with two attached hydrogens (primary N) is 1. The fourth-order valence-corrected chi connectivity index (χ4v) is 6.07. The number of benzene rings is 2. The summed E-state index contributed by atoms with van der Waals surface area (Å²) in [5.41, 5.74) is 11.0. The van der Waals surface area contributed by atoms with E-state index >= 15 is 0 Å². The quantitative estimate of drug-likeness (QED) is 0.104. The van der Waals surface area contributed by atoms with Gasteiger partial charge in [0.05, 0.1) is 37.4 Å². The number of aromatic nitrogens is 5. The van der Waals surface area contributed by atoms with Crippen LogP contribution >= 0.6 is 0 Å². The molecule has 0 atom stereocenters. The van der Waals surface area contributed by atoms with Gasteiger partial charge in [-0.15, -0.1) is 5.10 Å². The number of amides is 2. The number of hydrogen-bond acceptors (Lipinski definition) is 8. The number of carbonyl (C=O) groups excluding carboxylic acids is 2. The zero-order valence-corrected chi connectivity index (χ0v) is 29.7. The number of carbonyl (C=O) groups is 2. The lowest BCUT2D eigenvalue weighted by Gasteiger charge is -2.26. The van der Waals surface area contributed by atoms with Crippen molar-refractivity contribution in [1.82, 2.24) is 34.3 Å². The van der Waals surface area contributed by atoms with Gasteiger partial charge in [0, 0.05) is 70.5 Å². The number of methoxy groups -OCH3 is 1. The zero-order chi connectivity index (χ0) is 36.3. The maximum absolute atomic E-state index is 13.5. The predicted octanol–water partition coefficient (Wildman–Crippen LogP) is 3.65. The van der Waals surface area contributed by atoms with Crippen molar-refractivity contribution >= 4 is 29.0 Å². The molecule has 14 heteroatoms. The minimum atomic E-state index is -0.337. The van der Waals surface area contributed by atoms with Crippen LogP contribution < -0.4 is 21.1 Å². The highest BCUT2D eigenvalue weighted by atomic mass is 16.5. The SMILES string of the molecule is COc1ccc(C(N)=Nc2cc(C(=O)Nc3cc(C(=O)NCCN4CCOCC4)n(CCCc4cn(CCc5ccccc5)nn4)c3)n(C)c2)cc1. The van der Waals surface area contributed by atoms with Crippen molar-refractivity contribution in [1.29, 1.82) is 0 Å². The number of nitrogens with one attached hydrogen (secondary N) is 2. The second kappa shape index (κ2) is 17.5. The van der Waals surface area contributed by atoms with E-state index in [4.69, 9.17) is 15.2 Å². The maximum Gasteiger partial charge on any atom is 0.272 e. The number of amidine groups is 1. The van der Waals surface area contributed by atoms with Gasteiger partial charge in [-0.2, -0.15) is 0 Å². The van der Waals surface area contributed by atoms with Crippen molar-refractivity contribution in [2.75, 3.05) is 51.8 Å². The van der Waals surface area contributed by atoms with E-state index in [0.717, 1.165) is 56.0 Å². The first-order chi connectivity index (χ1) is 25.3. The van der Waals surface area contributed by atoms with Crippen LogP contribution in [-0.4, -0.2) is 93.2 Å². The molecule has 52 heavy (non-hydrogen) atoms. The molecule has 272 valence electrons. The van der Waals surface area contributed by atoms with Crippen LogP contribution in [-0.2, 0) is 37.7 Å². The third-order valence-corrected chi connectivity index (χ3v) is 8.95. The molecular formula is C38H46N10O4. The molecule has 5 aromatic rings. The number of anilines is 1. The summed E-state index contributed by atoms with van der Waals surface area (Å²) in [6.45, 7) is 5.63. The highest BCUT2D eigenvalue weighted by molar-refractivity contribution is 6.05. The second-order valence-electron chi connectivity index (χ2n) is 12.7. The Kier molecular flexibility index (Phi) is 12.1. The summed E-state index contributed by atoms with van der Waals surface area (Å²) in [7, 11) is 3.37. The monoisotopic (exact) mass is 706 g/mol. The van der Waals surface area contributed by atoms with Gasteiger partial charge in [0.25, 0.3) is 11.8 Å². The van der Waals surface area contributed by atoms with Gasteiger partial charge in [0.1, 0.15) is 23.0 Å². The summed E-state index contributed by atoms with van der Waals surface area (Å²) in [4.78, 5) is 33.7. The summed E-state index contributed by atoms with van der Waals surface area (Å²) >= 11 is 0. The molecule has 3 aromatic heterocycles. The topological polar surface area (TPSA) is 159 Å². The van der Waals surface area contributed by atoms with E-state index in [1.807, 2.05) is 57.9 Å². The number of ether oxygens (including phenoxy) is 2. The van der Waals surface area contributed by atoms with Gasteiger partial charge in [-0.3, -0.25) is 19.2 Å². The first kappa shape index (κ1) is 36.1. The van der Waals surface area contributed by atoms with Gasteiger partial charge in [0.15, 0.2) is 0 Å². The molecule has 6 rings (SSSR count). The average molecular weight is 707 g/mol. The van der Waals surface area contributed by atoms with Gasteiger partial charge in [-0.05, 0) is 61.2 Å². The Morgan fingerprint density at radius 3 is 2.48 bits per heavy atom. The largest absolute Gasteiger partial charge is 0.497 e. The Morgan fingerprint density at radius 2 is 1.71 bits per heavy atom. The van der Waals surface area contributed by atoms with Crippen molar-refractivity contribution < 1.29 is 19.1 Å². The van der Waals surface area contributed by atoms with Crippen molar-refractivity contribution in [3.8, 4) is 5.75 Å². The molecule has 0 radical (unpaired) electrons. The van der Waals surface area contributed by atoms with E-state index in [-0.39, 0.29) is 11.8 Å². The third-order valence-electron chi connectivity index (χ3n) is 8.95. The minimum Gasteiger partial charge on any atom is -0.497 e. The summed E-state index contributed by atoms with van der Waals surface area (Å²) in [6.07, 6.45) is 7.81. The Labute approximate surface area is 303 Å². The van der Waals surface area contributed by atoms with Crippen LogP contribution in [0.3, 0.4) is 0 Å². The first-order valence-electron chi connectivity index (χ1n) is 17.5. The van der Waals surface area contributed by atoms with Gasteiger partial charge < -0.3 is 35.0 Å². The minimum absolute atomic E-state index is 0.204. The molecule has 4 N–H and O–H groups in total. The van der Waals surface area contributed by atoms with Crippen LogP contribution in [0.5, 0.6) is 5.75 Å². The van der Waals surface area contributed by atoms with E-state index in [2.05, 4.69) is 43.0 Å². The summed E-state index contributed by atoms with van der Waals surface area (Å²) in [5, 5.41) is 14.7. The molecular weight excluding hydrogens is 660 g/mol. The molecule has 14 nitrogen and oxygen atoms in total. The van der Waals surface area contributed by atoms with Crippen LogP contribution in [0.1, 0.15) is 44.2 Å². The van der Waals surface area contributed by atoms with Crippen molar-refractivity contribution in [2.24, 2.45) is 17.8 Å². The van der Waals surface area contributed by atoms with Gasteiger partial charge in [-0.1, -0.05) is 35.5 Å². The van der Waals surface area contributed by atoms with Crippen LogP contribution in [0.15, 0.2) is 90.3 Å². The Morgan fingerprint density at radius 1 is 0.923 bits per heavy atom. The zero-order valence-electron chi connectivity index (χ0n) is 29.7. The third kappa shape index (κ3) is 9.74. The standard InChI is InChI=1S/C38H46N10O4/c1-45-25-31(41-36(39)29-10-12-33(51-2)13-11-29)23-34(45)38(50)42-32-24-35(37(49)40-15-18-46-19-21-52-22-20-46)47(26-32)16-6-9-30-27-48(44-43-30)17-14-28-7-4-3-5-8-28/h3-5,7-8,10-13,23-27H,6,9,14-22H2,1-2H3,(H2,39,41)(H,40,49)(H,42,50). The molecule has 1 saturated heterocycles. The Hall–Kier alpha value is -5.73. The number of aryl methyl sites for hydroxylation is 5. The number of morpholine rings is 1. The smallest absolute Gasteiger partial charge is 0.272 e. The number of aliphatic imine (C=N–C) groups is 1. The number of rotatable bonds is 16. The molecule has 0 spiro atoms. The first-order valence-corrected chi connectivity index (χ1v) is 17.5. The van der Waals surface area contributed by atoms with Gasteiger partial charge in [0.2, 0.25) is 0 Å². The normalized spacial score (nSPS) is 13.6. The van der Waals surface area contributed by atoms with E-state index in [9.17, 15) is 9.59 Å². The molecule has 0 saturated carbocycles. The summed E-state index contributed by atoms with van der Waals surface area (Å²) < 4.78 is 16.1. The lowest BCUT2D eigenvalue weighted by molar-refractivity contribution is 0.0383. The van der Waals surface area contributed by atoms with Crippen molar-refractivity contribution in [2.45, 2.75) is 32.4 Å². The summed E-state index contributed by atoms with van der Waals surface area (Å²) in [5.74, 6) is 0.494. The molecule has 0 unspecified atom stereocenters. The fourth-order valence-electron chi connectivity index (χ4n) is 6.07. The van der Waals surface area contributed by atoms with Gasteiger partial charge in [-0.25, -0.2) is 4.99 Å². The molecule has 1 fully saturated rings. The maximum atomic E-state index is 13.5. The molecule has 0 bridgehead atoms. The van der Waals surface area contributed by atoms with Crippen LogP contribution in [0.4, 0.5) is 11.4 Å². The van der Waals surface area contributed by atoms with Crippen molar-refractivity contribution in [3.05, 3.63) is 114 Å². The van der Waals surface area contributed by atoms with E-state index in [1.165, 1.54) is 5.56 Å². The second-order valence-corrected chi connectivity index (χ2v) is 12.7. The predicted molar refractivity (Wildman–Crippen MR) is 199 cm³/mol. The van der Waals surface area contributed by atoms with Crippen molar-refractivity contribution in [3.63, 3.8) is 0 Å². The Balaban J connectivity index is 1.10. The highest BCUT2D eigenvalue weighted by Crippen LogP contribution is 2.21.